The summed E-state index contributed by atoms with van der Waals surface area (Å²) in [5.74, 6) is 0.271. The van der Waals surface area contributed by atoms with Crippen molar-refractivity contribution >= 4 is 11.7 Å². The van der Waals surface area contributed by atoms with Crippen molar-refractivity contribution in [1.82, 2.24) is 24.8 Å². The molecule has 0 bridgehead atoms. The van der Waals surface area contributed by atoms with Gasteiger partial charge in [0.25, 0.3) is 5.91 Å². The molecule has 7 nitrogen and oxygen atoms in total. The zero-order valence-electron chi connectivity index (χ0n) is 18.8. The van der Waals surface area contributed by atoms with E-state index in [1.165, 1.54) is 0 Å². The molecule has 0 aliphatic heterocycles. The molecular formula is C27H24N6O. The van der Waals surface area contributed by atoms with Crippen LogP contribution in [0.25, 0.3) is 11.3 Å². The molecule has 168 valence electrons. The fourth-order valence-corrected chi connectivity index (χ4v) is 3.77. The summed E-state index contributed by atoms with van der Waals surface area (Å²) in [6.07, 6.45) is 1.65. The Morgan fingerprint density at radius 2 is 1.56 bits per heavy atom. The van der Waals surface area contributed by atoms with Crippen LogP contribution in [0.1, 0.15) is 27.2 Å². The van der Waals surface area contributed by atoms with Crippen LogP contribution in [0.15, 0.2) is 97.2 Å². The monoisotopic (exact) mass is 448 g/mol. The summed E-state index contributed by atoms with van der Waals surface area (Å²) < 4.78 is 3.46. The van der Waals surface area contributed by atoms with E-state index in [1.807, 2.05) is 91.9 Å². The highest BCUT2D eigenvalue weighted by Crippen LogP contribution is 2.24. The van der Waals surface area contributed by atoms with E-state index in [1.54, 1.807) is 15.6 Å². The first-order valence-electron chi connectivity index (χ1n) is 11.1. The fraction of sp³-hybridized carbons (Fsp3) is 0.111. The third-order valence-electron chi connectivity index (χ3n) is 5.47. The second kappa shape index (κ2) is 9.54. The SMILES string of the molecule is Cc1cccc(-c2cc(NC(=O)c3cn(Cc4ccccc4)nn3)n(Cc3ccccc3)n2)c1. The number of carbonyl (C=O) groups is 1. The van der Waals surface area contributed by atoms with E-state index < -0.39 is 0 Å². The maximum atomic E-state index is 13.0. The fourth-order valence-electron chi connectivity index (χ4n) is 3.77. The van der Waals surface area contributed by atoms with E-state index in [2.05, 4.69) is 21.7 Å². The standard InChI is InChI=1S/C27H24N6O/c1-20-9-8-14-23(15-20)24-16-26(33(30-24)18-22-12-6-3-7-13-22)28-27(34)25-19-32(31-29-25)17-21-10-4-2-5-11-21/h2-16,19H,17-18H2,1H3,(H,28,34). The number of hydrogen-bond acceptors (Lipinski definition) is 4. The highest BCUT2D eigenvalue weighted by Gasteiger charge is 2.16. The Morgan fingerprint density at radius 3 is 2.26 bits per heavy atom. The highest BCUT2D eigenvalue weighted by atomic mass is 16.2. The van der Waals surface area contributed by atoms with Crippen LogP contribution < -0.4 is 5.32 Å². The summed E-state index contributed by atoms with van der Waals surface area (Å²) in [4.78, 5) is 13.0. The largest absolute Gasteiger partial charge is 0.305 e. The molecule has 0 unspecified atom stereocenters. The third kappa shape index (κ3) is 4.94. The molecule has 0 spiro atoms. The van der Waals surface area contributed by atoms with Crippen molar-refractivity contribution in [2.75, 3.05) is 5.32 Å². The number of amides is 1. The van der Waals surface area contributed by atoms with Crippen molar-refractivity contribution < 1.29 is 4.79 Å². The number of aromatic nitrogens is 5. The quantitative estimate of drug-likeness (QED) is 0.388. The van der Waals surface area contributed by atoms with Gasteiger partial charge in [0.1, 0.15) is 5.82 Å². The number of anilines is 1. The summed E-state index contributed by atoms with van der Waals surface area (Å²) in [6, 6.07) is 30.0. The van der Waals surface area contributed by atoms with Crippen LogP contribution in [0.3, 0.4) is 0 Å². The van der Waals surface area contributed by atoms with E-state index in [4.69, 9.17) is 5.10 Å². The molecule has 0 saturated heterocycles. The van der Waals surface area contributed by atoms with Gasteiger partial charge in [-0.1, -0.05) is 89.6 Å². The van der Waals surface area contributed by atoms with Gasteiger partial charge in [0.15, 0.2) is 5.69 Å². The Morgan fingerprint density at radius 1 is 0.853 bits per heavy atom. The van der Waals surface area contributed by atoms with E-state index in [9.17, 15) is 4.79 Å². The van der Waals surface area contributed by atoms with Crippen LogP contribution in [0, 0.1) is 6.92 Å². The molecule has 0 fully saturated rings. The van der Waals surface area contributed by atoms with E-state index in [-0.39, 0.29) is 11.6 Å². The van der Waals surface area contributed by atoms with E-state index >= 15 is 0 Å². The van der Waals surface area contributed by atoms with Gasteiger partial charge in [-0.15, -0.1) is 5.10 Å². The molecule has 0 aliphatic rings. The average Bonchev–Trinajstić information content (AvgIpc) is 3.48. The van der Waals surface area contributed by atoms with E-state index in [0.717, 1.165) is 27.9 Å². The zero-order valence-corrected chi connectivity index (χ0v) is 18.8. The minimum absolute atomic E-state index is 0.250. The summed E-state index contributed by atoms with van der Waals surface area (Å²) in [5.41, 5.74) is 5.36. The zero-order chi connectivity index (χ0) is 23.3. The number of nitrogens with zero attached hydrogens (tertiary/aromatic N) is 5. The summed E-state index contributed by atoms with van der Waals surface area (Å²) in [6.45, 7) is 3.12. The van der Waals surface area contributed by atoms with Crippen molar-refractivity contribution in [1.29, 1.82) is 0 Å². The Balaban J connectivity index is 1.40. The molecule has 5 aromatic rings. The summed E-state index contributed by atoms with van der Waals surface area (Å²) >= 11 is 0. The number of hydrogen-bond donors (Lipinski definition) is 1. The van der Waals surface area contributed by atoms with Gasteiger partial charge in [-0.25, -0.2) is 9.36 Å². The van der Waals surface area contributed by atoms with Crippen LogP contribution in [-0.2, 0) is 13.1 Å². The Labute approximate surface area is 197 Å². The minimum atomic E-state index is -0.329. The van der Waals surface area contributed by atoms with Gasteiger partial charge in [0.2, 0.25) is 0 Å². The molecule has 2 heterocycles. The van der Waals surface area contributed by atoms with Crippen molar-refractivity contribution in [3.05, 3.63) is 120 Å². The van der Waals surface area contributed by atoms with Gasteiger partial charge in [0.05, 0.1) is 25.0 Å². The highest BCUT2D eigenvalue weighted by molar-refractivity contribution is 6.02. The van der Waals surface area contributed by atoms with Gasteiger partial charge in [0, 0.05) is 11.6 Å². The lowest BCUT2D eigenvalue weighted by atomic mass is 10.1. The lowest BCUT2D eigenvalue weighted by Crippen LogP contribution is -2.16. The molecule has 7 heteroatoms. The normalized spacial score (nSPS) is 10.9. The molecule has 0 radical (unpaired) electrons. The van der Waals surface area contributed by atoms with Crippen LogP contribution in [-0.4, -0.2) is 30.7 Å². The molecule has 0 saturated carbocycles. The van der Waals surface area contributed by atoms with Gasteiger partial charge >= 0.3 is 0 Å². The van der Waals surface area contributed by atoms with E-state index in [0.29, 0.717) is 18.9 Å². The van der Waals surface area contributed by atoms with Crippen LogP contribution in [0.2, 0.25) is 0 Å². The molecule has 1 amide bonds. The van der Waals surface area contributed by atoms with Gasteiger partial charge < -0.3 is 5.32 Å². The van der Waals surface area contributed by atoms with Gasteiger partial charge in [-0.2, -0.15) is 5.10 Å². The van der Waals surface area contributed by atoms with Crippen LogP contribution >= 0.6 is 0 Å². The number of benzene rings is 3. The second-order valence-corrected chi connectivity index (χ2v) is 8.17. The number of nitrogens with one attached hydrogen (secondary N) is 1. The summed E-state index contributed by atoms with van der Waals surface area (Å²) in [5, 5.41) is 15.9. The maximum absolute atomic E-state index is 13.0. The topological polar surface area (TPSA) is 77.6 Å². The molecule has 34 heavy (non-hydrogen) atoms. The van der Waals surface area contributed by atoms with Crippen molar-refractivity contribution in [3.63, 3.8) is 0 Å². The van der Waals surface area contributed by atoms with Gasteiger partial charge in [-0.3, -0.25) is 4.79 Å². The Kier molecular flexibility index (Phi) is 5.99. The molecule has 1 N–H and O–H groups in total. The first-order chi connectivity index (χ1) is 16.6. The summed E-state index contributed by atoms with van der Waals surface area (Å²) in [7, 11) is 0. The van der Waals surface area contributed by atoms with Crippen molar-refractivity contribution in [2.45, 2.75) is 20.0 Å². The predicted octanol–water partition coefficient (Wildman–Crippen LogP) is 4.80. The van der Waals surface area contributed by atoms with Gasteiger partial charge in [-0.05, 0) is 24.1 Å². The average molecular weight is 449 g/mol. The van der Waals surface area contributed by atoms with Crippen LogP contribution in [0.4, 0.5) is 5.82 Å². The Hall–Kier alpha value is -4.52. The maximum Gasteiger partial charge on any atom is 0.278 e. The molecular weight excluding hydrogens is 424 g/mol. The lowest BCUT2D eigenvalue weighted by molar-refractivity contribution is 0.102. The first-order valence-corrected chi connectivity index (χ1v) is 11.1. The van der Waals surface area contributed by atoms with Crippen LogP contribution in [0.5, 0.6) is 0 Å². The molecule has 0 aliphatic carbocycles. The molecule has 0 atom stereocenters. The number of aryl methyl sites for hydroxylation is 1. The molecule has 3 aromatic carbocycles. The molecule has 5 rings (SSSR count). The minimum Gasteiger partial charge on any atom is -0.305 e. The Bertz CT molecular complexity index is 1410. The predicted molar refractivity (Wildman–Crippen MR) is 131 cm³/mol. The lowest BCUT2D eigenvalue weighted by Gasteiger charge is -2.08. The van der Waals surface area contributed by atoms with Crippen molar-refractivity contribution in [3.8, 4) is 11.3 Å². The third-order valence-corrected chi connectivity index (χ3v) is 5.47. The van der Waals surface area contributed by atoms with Crippen molar-refractivity contribution in [2.24, 2.45) is 0 Å². The molecule has 2 aromatic heterocycles. The smallest absolute Gasteiger partial charge is 0.278 e. The first kappa shape index (κ1) is 21.3. The number of carbonyl (C=O) groups excluding carboxylic acids is 1. The number of rotatable bonds is 7. The second-order valence-electron chi connectivity index (χ2n) is 8.17.